The molecule has 0 heterocycles. The van der Waals surface area contributed by atoms with E-state index in [9.17, 15) is 0 Å². The molecule has 0 atom stereocenters. The molecular formula is C13H20ClNO. The molecule has 0 fully saturated rings. The number of hydrogen-bond acceptors (Lipinski definition) is 1. The van der Waals surface area contributed by atoms with Crippen LogP contribution in [0.25, 0.3) is 0 Å². The van der Waals surface area contributed by atoms with Gasteiger partial charge in [0.2, 0.25) is 0 Å². The number of likely N-dealkylation sites (N-methyl/N-ethyl adjacent to an activating group) is 1. The van der Waals surface area contributed by atoms with E-state index in [1.807, 2.05) is 36.4 Å². The molecule has 0 saturated carbocycles. The van der Waals surface area contributed by atoms with Gasteiger partial charge in [0, 0.05) is 0 Å². The lowest BCUT2D eigenvalue weighted by Crippen LogP contribution is -3.00. The summed E-state index contributed by atoms with van der Waals surface area (Å²) in [4.78, 5) is 0. The largest absolute Gasteiger partial charge is 1.00 e. The number of para-hydroxylation sites is 1. The van der Waals surface area contributed by atoms with Gasteiger partial charge in [-0.3, -0.25) is 0 Å². The quantitative estimate of drug-likeness (QED) is 0.474. The first-order chi connectivity index (χ1) is 7.14. The first kappa shape index (κ1) is 15.0. The number of hydrogen-bond donors (Lipinski definition) is 0. The first-order valence-corrected chi connectivity index (χ1v) is 5.25. The summed E-state index contributed by atoms with van der Waals surface area (Å²) in [6.45, 7) is 6.45. The van der Waals surface area contributed by atoms with Gasteiger partial charge in [-0.1, -0.05) is 24.8 Å². The van der Waals surface area contributed by atoms with Gasteiger partial charge in [-0.25, -0.2) is 0 Å². The molecule has 0 spiro atoms. The molecule has 2 nitrogen and oxygen atoms in total. The molecule has 1 aromatic rings. The van der Waals surface area contributed by atoms with Gasteiger partial charge in [0.15, 0.2) is 0 Å². The van der Waals surface area contributed by atoms with Crippen molar-refractivity contribution in [3.63, 3.8) is 0 Å². The minimum absolute atomic E-state index is 0. The van der Waals surface area contributed by atoms with Gasteiger partial charge in [0.05, 0.1) is 20.6 Å². The van der Waals surface area contributed by atoms with Crippen LogP contribution < -0.4 is 17.1 Å². The van der Waals surface area contributed by atoms with Crippen LogP contribution in [-0.2, 0) is 0 Å². The van der Waals surface area contributed by atoms with Gasteiger partial charge in [-0.15, -0.1) is 0 Å². The van der Waals surface area contributed by atoms with Crippen LogP contribution in [0.5, 0.6) is 5.75 Å². The van der Waals surface area contributed by atoms with Crippen molar-refractivity contribution in [2.24, 2.45) is 0 Å². The fraction of sp³-hybridized carbons (Fsp3) is 0.385. The second-order valence-corrected chi connectivity index (χ2v) is 4.29. The smallest absolute Gasteiger partial charge is 0.137 e. The second-order valence-electron chi connectivity index (χ2n) is 4.29. The minimum atomic E-state index is 0. The van der Waals surface area contributed by atoms with Crippen molar-refractivity contribution in [1.29, 1.82) is 0 Å². The maximum Gasteiger partial charge on any atom is 0.137 e. The molecule has 0 aliphatic rings. The summed E-state index contributed by atoms with van der Waals surface area (Å²) in [6.07, 6.45) is 1.95. The predicted octanol–water partition coefficient (Wildman–Crippen LogP) is -0.668. The Balaban J connectivity index is 0.00000225. The lowest BCUT2D eigenvalue weighted by molar-refractivity contribution is -0.884. The molecule has 16 heavy (non-hydrogen) atoms. The molecule has 0 bridgehead atoms. The van der Waals surface area contributed by atoms with E-state index >= 15 is 0 Å². The van der Waals surface area contributed by atoms with Crippen molar-refractivity contribution in [2.75, 3.05) is 33.8 Å². The standard InChI is InChI=1S/C13H20NO.ClH/c1-4-10-14(2,3)11-12-15-13-8-6-5-7-9-13;/h4-9H,1,10-12H2,2-3H3;1H/q+1;/p-1. The second kappa shape index (κ2) is 7.31. The minimum Gasteiger partial charge on any atom is -1.00 e. The van der Waals surface area contributed by atoms with E-state index in [1.165, 1.54) is 0 Å². The lowest BCUT2D eigenvalue weighted by atomic mass is 10.3. The Bertz CT molecular complexity index is 298. The molecule has 0 aliphatic carbocycles. The van der Waals surface area contributed by atoms with Crippen LogP contribution in [0, 0.1) is 0 Å². The lowest BCUT2D eigenvalue weighted by Gasteiger charge is -2.28. The van der Waals surface area contributed by atoms with E-state index in [-0.39, 0.29) is 12.4 Å². The van der Waals surface area contributed by atoms with Crippen molar-refractivity contribution in [3.8, 4) is 5.75 Å². The van der Waals surface area contributed by atoms with Crippen LogP contribution in [0.2, 0.25) is 0 Å². The molecule has 0 unspecified atom stereocenters. The molecule has 0 aromatic heterocycles. The first-order valence-electron chi connectivity index (χ1n) is 5.25. The summed E-state index contributed by atoms with van der Waals surface area (Å²) in [6, 6.07) is 9.92. The van der Waals surface area contributed by atoms with Crippen LogP contribution >= 0.6 is 0 Å². The van der Waals surface area contributed by atoms with Crippen molar-refractivity contribution in [2.45, 2.75) is 0 Å². The fourth-order valence-corrected chi connectivity index (χ4v) is 1.37. The Morgan fingerprint density at radius 2 is 1.88 bits per heavy atom. The SMILES string of the molecule is C=CC[N+](C)(C)CCOc1ccccc1.[Cl-]. The van der Waals surface area contributed by atoms with E-state index in [0.29, 0.717) is 0 Å². The summed E-state index contributed by atoms with van der Waals surface area (Å²) < 4.78 is 6.55. The third-order valence-electron chi connectivity index (χ3n) is 2.33. The van der Waals surface area contributed by atoms with Crippen molar-refractivity contribution in [3.05, 3.63) is 43.0 Å². The zero-order valence-corrected chi connectivity index (χ0v) is 10.8. The van der Waals surface area contributed by atoms with Gasteiger partial charge in [-0.2, -0.15) is 0 Å². The fourth-order valence-electron chi connectivity index (χ4n) is 1.37. The summed E-state index contributed by atoms with van der Waals surface area (Å²) >= 11 is 0. The Labute approximate surface area is 105 Å². The number of ether oxygens (including phenoxy) is 1. The number of rotatable bonds is 6. The number of nitrogens with zero attached hydrogens (tertiary/aromatic N) is 1. The molecule has 3 heteroatoms. The average Bonchev–Trinajstić information content (AvgIpc) is 2.19. The molecule has 0 aliphatic heterocycles. The van der Waals surface area contributed by atoms with Crippen LogP contribution in [0.15, 0.2) is 43.0 Å². The van der Waals surface area contributed by atoms with E-state index < -0.39 is 0 Å². The normalized spacial score (nSPS) is 10.4. The highest BCUT2D eigenvalue weighted by Gasteiger charge is 2.11. The highest BCUT2D eigenvalue weighted by Crippen LogP contribution is 2.08. The number of quaternary nitrogens is 1. The maximum atomic E-state index is 5.64. The third kappa shape index (κ3) is 5.79. The van der Waals surface area contributed by atoms with E-state index in [2.05, 4.69) is 20.7 Å². The third-order valence-corrected chi connectivity index (χ3v) is 2.33. The van der Waals surface area contributed by atoms with Crippen molar-refractivity contribution >= 4 is 0 Å². The van der Waals surface area contributed by atoms with E-state index in [0.717, 1.165) is 29.9 Å². The molecule has 1 rings (SSSR count). The number of benzene rings is 1. The van der Waals surface area contributed by atoms with Gasteiger partial charge in [-0.05, 0) is 18.2 Å². The van der Waals surface area contributed by atoms with Crippen LogP contribution in [0.4, 0.5) is 0 Å². The highest BCUT2D eigenvalue weighted by molar-refractivity contribution is 5.20. The van der Waals surface area contributed by atoms with Gasteiger partial charge in [0.1, 0.15) is 18.9 Å². The van der Waals surface area contributed by atoms with E-state index in [1.54, 1.807) is 0 Å². The summed E-state index contributed by atoms with van der Waals surface area (Å²) in [5, 5.41) is 0. The van der Waals surface area contributed by atoms with Gasteiger partial charge < -0.3 is 21.6 Å². The average molecular weight is 242 g/mol. The Hall–Kier alpha value is -0.990. The van der Waals surface area contributed by atoms with Crippen LogP contribution in [0.3, 0.4) is 0 Å². The van der Waals surface area contributed by atoms with Crippen molar-refractivity contribution in [1.82, 2.24) is 0 Å². The summed E-state index contributed by atoms with van der Waals surface area (Å²) in [5.74, 6) is 0.941. The summed E-state index contributed by atoms with van der Waals surface area (Å²) in [7, 11) is 4.35. The van der Waals surface area contributed by atoms with Gasteiger partial charge in [0.25, 0.3) is 0 Å². The van der Waals surface area contributed by atoms with Gasteiger partial charge >= 0.3 is 0 Å². The van der Waals surface area contributed by atoms with E-state index in [4.69, 9.17) is 4.74 Å². The Morgan fingerprint density at radius 3 is 2.44 bits per heavy atom. The zero-order chi connectivity index (χ0) is 11.1. The topological polar surface area (TPSA) is 9.23 Å². The molecular weight excluding hydrogens is 222 g/mol. The van der Waals surface area contributed by atoms with Crippen LogP contribution in [0.1, 0.15) is 0 Å². The molecule has 0 saturated heterocycles. The molecule has 0 N–H and O–H groups in total. The molecule has 90 valence electrons. The monoisotopic (exact) mass is 241 g/mol. The zero-order valence-electron chi connectivity index (χ0n) is 10.0. The Morgan fingerprint density at radius 1 is 1.25 bits per heavy atom. The molecule has 0 radical (unpaired) electrons. The number of halogens is 1. The molecule has 1 aromatic carbocycles. The van der Waals surface area contributed by atoms with Crippen LogP contribution in [-0.4, -0.2) is 38.3 Å². The maximum absolute atomic E-state index is 5.64. The Kier molecular flexibility index (Phi) is 6.86. The summed E-state index contributed by atoms with van der Waals surface area (Å²) in [5.41, 5.74) is 0. The predicted molar refractivity (Wildman–Crippen MR) is 64.0 cm³/mol. The van der Waals surface area contributed by atoms with Crippen molar-refractivity contribution < 1.29 is 21.6 Å². The molecule has 0 amide bonds. The highest BCUT2D eigenvalue weighted by atomic mass is 35.5.